The summed E-state index contributed by atoms with van der Waals surface area (Å²) in [6.07, 6.45) is 1.74. The summed E-state index contributed by atoms with van der Waals surface area (Å²) in [6.45, 7) is 1.63. The van der Waals surface area contributed by atoms with Gasteiger partial charge in [-0.15, -0.1) is 0 Å². The van der Waals surface area contributed by atoms with E-state index in [2.05, 4.69) is 0 Å². The molecule has 0 fully saturated rings. The molecule has 0 radical (unpaired) electrons. The smallest absolute Gasteiger partial charge is 0.326 e. The molecule has 1 N–H and O–H groups in total. The molecule has 5 heteroatoms. The number of carboxylic acids is 1. The Bertz CT molecular complexity index is 588. The van der Waals surface area contributed by atoms with E-state index in [0.717, 1.165) is 10.9 Å². The zero-order chi connectivity index (χ0) is 13.3. The molecule has 1 aromatic heterocycles. The summed E-state index contributed by atoms with van der Waals surface area (Å²) < 4.78 is 12.2. The first-order chi connectivity index (χ1) is 8.58. The van der Waals surface area contributed by atoms with E-state index in [9.17, 15) is 4.79 Å². The van der Waals surface area contributed by atoms with E-state index in [1.165, 1.54) is 0 Å². The normalized spacial score (nSPS) is 12.4. The number of ether oxygens (including phenoxy) is 2. The standard InChI is InChI=1S/C13H15NO4/c1-8(13(15)16)14-5-4-10-11(14)6-9(17-2)7-12(10)18-3/h4-8H,1-3H3,(H,15,16). The van der Waals surface area contributed by atoms with Crippen LogP contribution in [0.2, 0.25) is 0 Å². The van der Waals surface area contributed by atoms with E-state index >= 15 is 0 Å². The Hall–Kier alpha value is -2.17. The molecule has 2 aromatic rings. The first-order valence-corrected chi connectivity index (χ1v) is 5.54. The SMILES string of the molecule is COc1cc(OC)c2ccn(C(C)C(=O)O)c2c1. The minimum Gasteiger partial charge on any atom is -0.497 e. The van der Waals surface area contributed by atoms with Crippen molar-refractivity contribution in [1.82, 2.24) is 4.57 Å². The molecule has 96 valence electrons. The van der Waals surface area contributed by atoms with Crippen molar-refractivity contribution < 1.29 is 19.4 Å². The molecule has 0 aliphatic rings. The van der Waals surface area contributed by atoms with Gasteiger partial charge in [0, 0.05) is 23.7 Å². The number of hydrogen-bond donors (Lipinski definition) is 1. The average Bonchev–Trinajstić information content (AvgIpc) is 2.79. The van der Waals surface area contributed by atoms with Crippen LogP contribution in [0.3, 0.4) is 0 Å². The predicted molar refractivity (Wildman–Crippen MR) is 67.4 cm³/mol. The van der Waals surface area contributed by atoms with Crippen molar-refractivity contribution in [2.75, 3.05) is 14.2 Å². The van der Waals surface area contributed by atoms with Gasteiger partial charge in [0.15, 0.2) is 0 Å². The minimum atomic E-state index is -0.880. The van der Waals surface area contributed by atoms with Crippen LogP contribution >= 0.6 is 0 Å². The fourth-order valence-corrected chi connectivity index (χ4v) is 1.95. The number of carboxylic acid groups (broad SMARTS) is 1. The van der Waals surface area contributed by atoms with Gasteiger partial charge in [-0.05, 0) is 13.0 Å². The molecule has 0 saturated carbocycles. The van der Waals surface area contributed by atoms with Gasteiger partial charge in [0.1, 0.15) is 17.5 Å². The largest absolute Gasteiger partial charge is 0.497 e. The molecule has 0 bridgehead atoms. The van der Waals surface area contributed by atoms with Crippen molar-refractivity contribution in [2.24, 2.45) is 0 Å². The van der Waals surface area contributed by atoms with Crippen LogP contribution in [0, 0.1) is 0 Å². The molecule has 0 aliphatic carbocycles. The van der Waals surface area contributed by atoms with Crippen LogP contribution in [0.15, 0.2) is 24.4 Å². The molecule has 18 heavy (non-hydrogen) atoms. The molecule has 1 atom stereocenters. The first kappa shape index (κ1) is 12.3. The molecular weight excluding hydrogens is 234 g/mol. The number of rotatable bonds is 4. The molecule has 0 spiro atoms. The second-order valence-corrected chi connectivity index (χ2v) is 4.00. The van der Waals surface area contributed by atoms with Gasteiger partial charge in [-0.3, -0.25) is 0 Å². The highest BCUT2D eigenvalue weighted by Gasteiger charge is 2.17. The molecule has 1 heterocycles. The summed E-state index contributed by atoms with van der Waals surface area (Å²) in [5, 5.41) is 9.95. The van der Waals surface area contributed by atoms with Crippen molar-refractivity contribution in [1.29, 1.82) is 0 Å². The van der Waals surface area contributed by atoms with Crippen molar-refractivity contribution >= 4 is 16.9 Å². The van der Waals surface area contributed by atoms with E-state index in [4.69, 9.17) is 14.6 Å². The maximum absolute atomic E-state index is 11.1. The molecule has 1 aromatic carbocycles. The lowest BCUT2D eigenvalue weighted by atomic mass is 10.2. The lowest BCUT2D eigenvalue weighted by Gasteiger charge is -2.12. The zero-order valence-corrected chi connectivity index (χ0v) is 10.5. The van der Waals surface area contributed by atoms with Crippen LogP contribution in [0.5, 0.6) is 11.5 Å². The summed E-state index contributed by atoms with van der Waals surface area (Å²) >= 11 is 0. The van der Waals surface area contributed by atoms with Crippen LogP contribution in [0.4, 0.5) is 0 Å². The predicted octanol–water partition coefficient (Wildman–Crippen LogP) is 2.30. The van der Waals surface area contributed by atoms with E-state index in [1.54, 1.807) is 44.0 Å². The lowest BCUT2D eigenvalue weighted by molar-refractivity contribution is -0.140. The number of aromatic nitrogens is 1. The monoisotopic (exact) mass is 249 g/mol. The summed E-state index contributed by atoms with van der Waals surface area (Å²) in [7, 11) is 3.14. The Labute approximate surface area is 105 Å². The second-order valence-electron chi connectivity index (χ2n) is 4.00. The Morgan fingerprint density at radius 1 is 1.33 bits per heavy atom. The highest BCUT2D eigenvalue weighted by molar-refractivity contribution is 5.89. The fraction of sp³-hybridized carbons (Fsp3) is 0.308. The van der Waals surface area contributed by atoms with Crippen LogP contribution in [0.1, 0.15) is 13.0 Å². The Morgan fingerprint density at radius 3 is 2.61 bits per heavy atom. The van der Waals surface area contributed by atoms with E-state index < -0.39 is 12.0 Å². The van der Waals surface area contributed by atoms with Crippen molar-refractivity contribution in [3.05, 3.63) is 24.4 Å². The number of aliphatic carboxylic acids is 1. The topological polar surface area (TPSA) is 60.7 Å². The maximum Gasteiger partial charge on any atom is 0.326 e. The number of nitrogens with zero attached hydrogens (tertiary/aromatic N) is 1. The summed E-state index contributed by atoms with van der Waals surface area (Å²) in [5.41, 5.74) is 0.779. The highest BCUT2D eigenvalue weighted by atomic mass is 16.5. The van der Waals surface area contributed by atoms with Crippen molar-refractivity contribution in [2.45, 2.75) is 13.0 Å². The van der Waals surface area contributed by atoms with E-state index in [0.29, 0.717) is 11.5 Å². The van der Waals surface area contributed by atoms with Crippen LogP contribution < -0.4 is 9.47 Å². The minimum absolute atomic E-state index is 0.636. The van der Waals surface area contributed by atoms with Crippen molar-refractivity contribution in [3.8, 4) is 11.5 Å². The fourth-order valence-electron chi connectivity index (χ4n) is 1.95. The van der Waals surface area contributed by atoms with E-state index in [-0.39, 0.29) is 0 Å². The Kier molecular flexibility index (Phi) is 3.14. The summed E-state index contributed by atoms with van der Waals surface area (Å²) in [4.78, 5) is 11.1. The van der Waals surface area contributed by atoms with Gasteiger partial charge in [0.25, 0.3) is 0 Å². The maximum atomic E-state index is 11.1. The number of carbonyl (C=O) groups is 1. The number of hydrogen-bond acceptors (Lipinski definition) is 3. The summed E-state index contributed by atoms with van der Waals surface area (Å²) in [5.74, 6) is 0.423. The van der Waals surface area contributed by atoms with Gasteiger partial charge >= 0.3 is 5.97 Å². The van der Waals surface area contributed by atoms with Gasteiger partial charge in [0.2, 0.25) is 0 Å². The number of benzene rings is 1. The zero-order valence-electron chi connectivity index (χ0n) is 10.5. The molecule has 0 aliphatic heterocycles. The number of methoxy groups -OCH3 is 2. The van der Waals surface area contributed by atoms with Crippen LogP contribution in [-0.2, 0) is 4.79 Å². The lowest BCUT2D eigenvalue weighted by Crippen LogP contribution is -2.14. The van der Waals surface area contributed by atoms with Gasteiger partial charge in [-0.1, -0.05) is 0 Å². The van der Waals surface area contributed by atoms with Gasteiger partial charge in [-0.25, -0.2) is 4.79 Å². The highest BCUT2D eigenvalue weighted by Crippen LogP contribution is 2.33. The van der Waals surface area contributed by atoms with Gasteiger partial charge < -0.3 is 19.1 Å². The second kappa shape index (κ2) is 4.60. The van der Waals surface area contributed by atoms with Gasteiger partial charge in [0.05, 0.1) is 19.7 Å². The third-order valence-corrected chi connectivity index (χ3v) is 3.00. The first-order valence-electron chi connectivity index (χ1n) is 5.54. The molecule has 0 amide bonds. The molecule has 5 nitrogen and oxygen atoms in total. The molecule has 2 rings (SSSR count). The van der Waals surface area contributed by atoms with Crippen molar-refractivity contribution in [3.63, 3.8) is 0 Å². The Morgan fingerprint density at radius 2 is 2.06 bits per heavy atom. The quantitative estimate of drug-likeness (QED) is 0.903. The van der Waals surface area contributed by atoms with E-state index in [1.807, 2.05) is 6.07 Å². The Balaban J connectivity index is 2.67. The van der Waals surface area contributed by atoms with Crippen LogP contribution in [-0.4, -0.2) is 29.9 Å². The third kappa shape index (κ3) is 1.88. The van der Waals surface area contributed by atoms with Gasteiger partial charge in [-0.2, -0.15) is 0 Å². The number of fused-ring (bicyclic) bond motifs is 1. The average molecular weight is 249 g/mol. The molecule has 1 unspecified atom stereocenters. The summed E-state index contributed by atoms with van der Waals surface area (Å²) in [6, 6.07) is 4.78. The molecular formula is C13H15NO4. The third-order valence-electron chi connectivity index (χ3n) is 3.00. The molecule has 0 saturated heterocycles. The van der Waals surface area contributed by atoms with Crippen LogP contribution in [0.25, 0.3) is 10.9 Å².